The van der Waals surface area contributed by atoms with Crippen LogP contribution in [-0.4, -0.2) is 6.67 Å². The first-order valence-electron chi connectivity index (χ1n) is 8.35. The standard InChI is InChI=1S/C18H33F/c1-5-6-12-18(14(2)13-19)16(4)15(3)17-10-8-7-9-11-17/h14,17-18H,5-13H2,1-4H3/b16-15-. The lowest BCUT2D eigenvalue weighted by molar-refractivity contribution is 0.287. The number of halogens is 1. The molecule has 0 aromatic rings. The highest BCUT2D eigenvalue weighted by Gasteiger charge is 2.23. The summed E-state index contributed by atoms with van der Waals surface area (Å²) >= 11 is 0. The topological polar surface area (TPSA) is 0 Å². The predicted octanol–water partition coefficient (Wildman–Crippen LogP) is 6.32. The van der Waals surface area contributed by atoms with Crippen LogP contribution in [0.1, 0.15) is 79.1 Å². The predicted molar refractivity (Wildman–Crippen MR) is 83.1 cm³/mol. The molecule has 1 saturated carbocycles. The molecule has 0 aliphatic heterocycles. The molecule has 19 heavy (non-hydrogen) atoms. The van der Waals surface area contributed by atoms with E-state index in [9.17, 15) is 4.39 Å². The summed E-state index contributed by atoms with van der Waals surface area (Å²) in [6, 6.07) is 0. The summed E-state index contributed by atoms with van der Waals surface area (Å²) in [4.78, 5) is 0. The Kier molecular flexibility index (Phi) is 7.71. The molecular formula is C18H33F. The minimum absolute atomic E-state index is 0.177. The lowest BCUT2D eigenvalue weighted by Crippen LogP contribution is -2.19. The van der Waals surface area contributed by atoms with Gasteiger partial charge in [0.25, 0.3) is 0 Å². The highest BCUT2D eigenvalue weighted by atomic mass is 19.1. The Morgan fingerprint density at radius 2 is 1.79 bits per heavy atom. The van der Waals surface area contributed by atoms with Crippen LogP contribution >= 0.6 is 0 Å². The molecule has 0 bridgehead atoms. The van der Waals surface area contributed by atoms with Crippen LogP contribution in [0.15, 0.2) is 11.1 Å². The summed E-state index contributed by atoms with van der Waals surface area (Å²) in [5.41, 5.74) is 3.09. The Morgan fingerprint density at radius 3 is 2.32 bits per heavy atom. The summed E-state index contributed by atoms with van der Waals surface area (Å²) in [5.74, 6) is 1.43. The van der Waals surface area contributed by atoms with E-state index >= 15 is 0 Å². The molecule has 0 aromatic carbocycles. The average molecular weight is 268 g/mol. The van der Waals surface area contributed by atoms with Crippen LogP contribution in [0, 0.1) is 17.8 Å². The molecule has 2 atom stereocenters. The van der Waals surface area contributed by atoms with Gasteiger partial charge in [0.05, 0.1) is 6.67 Å². The van der Waals surface area contributed by atoms with Crippen molar-refractivity contribution in [3.05, 3.63) is 11.1 Å². The fourth-order valence-electron chi connectivity index (χ4n) is 3.61. The minimum atomic E-state index is -0.177. The van der Waals surface area contributed by atoms with Crippen LogP contribution in [0.3, 0.4) is 0 Å². The van der Waals surface area contributed by atoms with E-state index in [2.05, 4.69) is 27.7 Å². The molecule has 1 heteroatoms. The first-order valence-corrected chi connectivity index (χ1v) is 8.35. The second-order valence-corrected chi connectivity index (χ2v) is 6.58. The molecular weight excluding hydrogens is 235 g/mol. The maximum absolute atomic E-state index is 13.1. The molecule has 0 amide bonds. The zero-order valence-electron chi connectivity index (χ0n) is 13.5. The third-order valence-electron chi connectivity index (χ3n) is 5.19. The monoisotopic (exact) mass is 268 g/mol. The van der Waals surface area contributed by atoms with Crippen molar-refractivity contribution in [1.82, 2.24) is 0 Å². The van der Waals surface area contributed by atoms with Crippen molar-refractivity contribution >= 4 is 0 Å². The second-order valence-electron chi connectivity index (χ2n) is 6.58. The maximum Gasteiger partial charge on any atom is 0.0925 e. The van der Waals surface area contributed by atoms with Crippen molar-refractivity contribution < 1.29 is 4.39 Å². The second kappa shape index (κ2) is 8.76. The summed E-state index contributed by atoms with van der Waals surface area (Å²) in [6.07, 6.45) is 10.5. The number of hydrogen-bond acceptors (Lipinski definition) is 0. The summed E-state index contributed by atoms with van der Waals surface area (Å²) in [7, 11) is 0. The fourth-order valence-corrected chi connectivity index (χ4v) is 3.61. The molecule has 0 radical (unpaired) electrons. The number of rotatable bonds is 7. The largest absolute Gasteiger partial charge is 0.251 e. The molecule has 0 spiro atoms. The van der Waals surface area contributed by atoms with Gasteiger partial charge in [0.1, 0.15) is 0 Å². The lowest BCUT2D eigenvalue weighted by Gasteiger charge is -2.29. The Hall–Kier alpha value is -0.330. The normalized spacial score (nSPS) is 21.9. The van der Waals surface area contributed by atoms with Gasteiger partial charge in [0.15, 0.2) is 0 Å². The number of alkyl halides is 1. The van der Waals surface area contributed by atoms with Crippen LogP contribution < -0.4 is 0 Å². The molecule has 1 fully saturated rings. The first kappa shape index (κ1) is 16.7. The zero-order chi connectivity index (χ0) is 14.3. The Morgan fingerprint density at radius 1 is 1.16 bits per heavy atom. The highest BCUT2D eigenvalue weighted by molar-refractivity contribution is 5.17. The van der Waals surface area contributed by atoms with E-state index in [1.807, 2.05) is 0 Å². The smallest absolute Gasteiger partial charge is 0.0925 e. The van der Waals surface area contributed by atoms with Crippen molar-refractivity contribution in [2.75, 3.05) is 6.67 Å². The van der Waals surface area contributed by atoms with Crippen LogP contribution in [0.4, 0.5) is 4.39 Å². The summed E-state index contributed by atoms with van der Waals surface area (Å²) in [6.45, 7) is 8.72. The van der Waals surface area contributed by atoms with Gasteiger partial charge >= 0.3 is 0 Å². The van der Waals surface area contributed by atoms with E-state index in [1.165, 1.54) is 50.5 Å². The molecule has 0 heterocycles. The van der Waals surface area contributed by atoms with E-state index in [0.717, 1.165) is 12.3 Å². The van der Waals surface area contributed by atoms with Crippen molar-refractivity contribution in [2.24, 2.45) is 17.8 Å². The van der Waals surface area contributed by atoms with Gasteiger partial charge < -0.3 is 0 Å². The lowest BCUT2D eigenvalue weighted by atomic mass is 9.76. The molecule has 0 saturated heterocycles. The van der Waals surface area contributed by atoms with Crippen molar-refractivity contribution in [2.45, 2.75) is 79.1 Å². The Labute approximate surface area is 119 Å². The third-order valence-corrected chi connectivity index (χ3v) is 5.19. The van der Waals surface area contributed by atoms with Gasteiger partial charge in [-0.25, -0.2) is 0 Å². The van der Waals surface area contributed by atoms with Gasteiger partial charge in [-0.3, -0.25) is 4.39 Å². The molecule has 1 aliphatic carbocycles. The first-order chi connectivity index (χ1) is 9.11. The zero-order valence-corrected chi connectivity index (χ0v) is 13.5. The molecule has 2 unspecified atom stereocenters. The minimum Gasteiger partial charge on any atom is -0.251 e. The quantitative estimate of drug-likeness (QED) is 0.474. The van der Waals surface area contributed by atoms with Gasteiger partial charge in [0.2, 0.25) is 0 Å². The van der Waals surface area contributed by atoms with Crippen LogP contribution in [-0.2, 0) is 0 Å². The molecule has 1 rings (SSSR count). The third kappa shape index (κ3) is 4.93. The van der Waals surface area contributed by atoms with Crippen LogP contribution in [0.25, 0.3) is 0 Å². The van der Waals surface area contributed by atoms with Crippen LogP contribution in [0.2, 0.25) is 0 Å². The van der Waals surface area contributed by atoms with E-state index < -0.39 is 0 Å². The maximum atomic E-state index is 13.1. The number of unbranched alkanes of at least 4 members (excludes halogenated alkanes) is 1. The molecule has 0 aromatic heterocycles. The van der Waals surface area contributed by atoms with Gasteiger partial charge in [-0.15, -0.1) is 0 Å². The van der Waals surface area contributed by atoms with Gasteiger partial charge in [0, 0.05) is 0 Å². The van der Waals surface area contributed by atoms with Crippen molar-refractivity contribution in [3.63, 3.8) is 0 Å². The molecule has 1 aliphatic rings. The van der Waals surface area contributed by atoms with E-state index in [4.69, 9.17) is 0 Å². The Bertz CT molecular complexity index is 273. The van der Waals surface area contributed by atoms with Gasteiger partial charge in [-0.2, -0.15) is 0 Å². The molecule has 0 nitrogen and oxygen atoms in total. The van der Waals surface area contributed by atoms with Crippen molar-refractivity contribution in [3.8, 4) is 0 Å². The average Bonchev–Trinajstić information content (AvgIpc) is 2.47. The van der Waals surface area contributed by atoms with Crippen molar-refractivity contribution in [1.29, 1.82) is 0 Å². The highest BCUT2D eigenvalue weighted by Crippen LogP contribution is 2.36. The van der Waals surface area contributed by atoms with E-state index in [1.54, 1.807) is 5.57 Å². The van der Waals surface area contributed by atoms with E-state index in [0.29, 0.717) is 5.92 Å². The fraction of sp³-hybridized carbons (Fsp3) is 0.889. The molecule has 0 N–H and O–H groups in total. The van der Waals surface area contributed by atoms with E-state index in [-0.39, 0.29) is 12.6 Å². The molecule has 112 valence electrons. The number of allylic oxidation sites excluding steroid dienone is 2. The van der Waals surface area contributed by atoms with Gasteiger partial charge in [-0.05, 0) is 50.9 Å². The van der Waals surface area contributed by atoms with Crippen LogP contribution in [0.5, 0.6) is 0 Å². The summed E-state index contributed by atoms with van der Waals surface area (Å²) in [5, 5.41) is 0. The number of hydrogen-bond donors (Lipinski definition) is 0. The summed E-state index contributed by atoms with van der Waals surface area (Å²) < 4.78 is 13.1. The Balaban J connectivity index is 2.78. The SMILES string of the molecule is CCCCC(/C(C)=C(/C)C1CCCCC1)C(C)CF. The van der Waals surface area contributed by atoms with Gasteiger partial charge in [-0.1, -0.05) is 57.1 Å².